The molecule has 3 rings (SSSR count). The van der Waals surface area contributed by atoms with Gasteiger partial charge in [0.2, 0.25) is 0 Å². The first-order valence-corrected chi connectivity index (χ1v) is 7.12. The second-order valence-corrected chi connectivity index (χ2v) is 5.60. The Hall–Kier alpha value is -1.16. The Morgan fingerprint density at radius 1 is 1.26 bits per heavy atom. The standard InChI is InChI=1S/C15H18ClN3/c16-15-12(10-19-7-5-13(17)6-8-19)9-11-3-1-2-4-14(11)18-15/h1-4,9,13H,5-8,10,17H2. The van der Waals surface area contributed by atoms with Crippen molar-refractivity contribution in [1.29, 1.82) is 0 Å². The zero-order chi connectivity index (χ0) is 13.2. The molecule has 0 unspecified atom stereocenters. The number of benzene rings is 1. The van der Waals surface area contributed by atoms with Gasteiger partial charge in [-0.1, -0.05) is 29.8 Å². The lowest BCUT2D eigenvalue weighted by atomic mass is 10.1. The second kappa shape index (κ2) is 5.45. The zero-order valence-corrected chi connectivity index (χ0v) is 11.6. The molecule has 100 valence electrons. The van der Waals surface area contributed by atoms with Crippen LogP contribution in [0.25, 0.3) is 10.9 Å². The average Bonchev–Trinajstić information content (AvgIpc) is 2.42. The van der Waals surface area contributed by atoms with Crippen LogP contribution in [0.15, 0.2) is 30.3 Å². The lowest BCUT2D eigenvalue weighted by Gasteiger charge is -2.30. The number of aromatic nitrogens is 1. The van der Waals surface area contributed by atoms with Crippen LogP contribution in [0.3, 0.4) is 0 Å². The molecule has 0 aliphatic carbocycles. The Balaban J connectivity index is 1.82. The first-order valence-electron chi connectivity index (χ1n) is 6.74. The molecule has 1 aromatic carbocycles. The van der Waals surface area contributed by atoms with Gasteiger partial charge in [0.1, 0.15) is 5.15 Å². The van der Waals surface area contributed by atoms with E-state index in [0.717, 1.165) is 48.9 Å². The maximum Gasteiger partial charge on any atom is 0.134 e. The van der Waals surface area contributed by atoms with Crippen molar-refractivity contribution in [3.05, 3.63) is 41.0 Å². The van der Waals surface area contributed by atoms with Crippen molar-refractivity contribution in [1.82, 2.24) is 9.88 Å². The minimum absolute atomic E-state index is 0.362. The van der Waals surface area contributed by atoms with Gasteiger partial charge in [-0.2, -0.15) is 0 Å². The Bertz CT molecular complexity index is 577. The fourth-order valence-electron chi connectivity index (χ4n) is 2.60. The summed E-state index contributed by atoms with van der Waals surface area (Å²) in [6, 6.07) is 10.6. The number of pyridine rings is 1. The summed E-state index contributed by atoms with van der Waals surface area (Å²) in [5, 5.41) is 1.77. The molecule has 1 aliphatic heterocycles. The highest BCUT2D eigenvalue weighted by Gasteiger charge is 2.17. The molecule has 2 aromatic rings. The van der Waals surface area contributed by atoms with Gasteiger partial charge in [0.05, 0.1) is 5.52 Å². The van der Waals surface area contributed by atoms with Crippen LogP contribution in [-0.2, 0) is 6.54 Å². The van der Waals surface area contributed by atoms with E-state index in [1.165, 1.54) is 0 Å². The molecule has 0 amide bonds. The van der Waals surface area contributed by atoms with E-state index in [1.807, 2.05) is 18.2 Å². The predicted molar refractivity (Wildman–Crippen MR) is 79.2 cm³/mol. The number of rotatable bonds is 2. The van der Waals surface area contributed by atoms with Gasteiger partial charge < -0.3 is 5.73 Å². The molecule has 1 aromatic heterocycles. The number of fused-ring (bicyclic) bond motifs is 1. The van der Waals surface area contributed by atoms with E-state index in [-0.39, 0.29) is 0 Å². The first kappa shape index (κ1) is 12.9. The quantitative estimate of drug-likeness (QED) is 0.857. The monoisotopic (exact) mass is 275 g/mol. The molecule has 1 aliphatic rings. The third-order valence-corrected chi connectivity index (χ3v) is 4.10. The molecule has 1 saturated heterocycles. The van der Waals surface area contributed by atoms with Crippen molar-refractivity contribution in [2.75, 3.05) is 13.1 Å². The lowest BCUT2D eigenvalue weighted by molar-refractivity contribution is 0.205. The number of hydrogen-bond donors (Lipinski definition) is 1. The second-order valence-electron chi connectivity index (χ2n) is 5.24. The zero-order valence-electron chi connectivity index (χ0n) is 10.8. The maximum absolute atomic E-state index is 6.29. The predicted octanol–water partition coefficient (Wildman–Crippen LogP) is 2.81. The number of halogens is 1. The molecule has 0 spiro atoms. The van der Waals surface area contributed by atoms with E-state index in [2.05, 4.69) is 22.0 Å². The first-order chi connectivity index (χ1) is 9.22. The Labute approximate surface area is 118 Å². The molecule has 0 atom stereocenters. The summed E-state index contributed by atoms with van der Waals surface area (Å²) in [4.78, 5) is 6.87. The summed E-state index contributed by atoms with van der Waals surface area (Å²) in [7, 11) is 0. The van der Waals surface area contributed by atoms with Crippen LogP contribution >= 0.6 is 11.6 Å². The summed E-state index contributed by atoms with van der Waals surface area (Å²) in [6.07, 6.45) is 2.14. The third kappa shape index (κ3) is 2.89. The molecular weight excluding hydrogens is 258 g/mol. The summed E-state index contributed by atoms with van der Waals surface area (Å²) in [5.74, 6) is 0. The molecule has 19 heavy (non-hydrogen) atoms. The van der Waals surface area contributed by atoms with E-state index in [9.17, 15) is 0 Å². The molecule has 2 heterocycles. The van der Waals surface area contributed by atoms with Gasteiger partial charge in [0.15, 0.2) is 0 Å². The normalized spacial score (nSPS) is 18.0. The number of likely N-dealkylation sites (tertiary alicyclic amines) is 1. The smallest absolute Gasteiger partial charge is 0.134 e. The van der Waals surface area contributed by atoms with Crippen LogP contribution < -0.4 is 5.73 Å². The highest BCUT2D eigenvalue weighted by Crippen LogP contribution is 2.22. The minimum Gasteiger partial charge on any atom is -0.328 e. The summed E-state index contributed by atoms with van der Waals surface area (Å²) < 4.78 is 0. The van der Waals surface area contributed by atoms with Crippen LogP contribution in [-0.4, -0.2) is 29.0 Å². The molecule has 0 bridgehead atoms. The van der Waals surface area contributed by atoms with Crippen LogP contribution in [0.4, 0.5) is 0 Å². The van der Waals surface area contributed by atoms with Gasteiger partial charge in [0, 0.05) is 23.5 Å². The Morgan fingerprint density at radius 2 is 2.00 bits per heavy atom. The molecule has 1 fully saturated rings. The van der Waals surface area contributed by atoms with Gasteiger partial charge in [0.25, 0.3) is 0 Å². The molecular formula is C15H18ClN3. The van der Waals surface area contributed by atoms with Crippen LogP contribution in [0.5, 0.6) is 0 Å². The van der Waals surface area contributed by atoms with Crippen LogP contribution in [0.2, 0.25) is 5.15 Å². The largest absolute Gasteiger partial charge is 0.328 e. The van der Waals surface area contributed by atoms with Crippen molar-refractivity contribution < 1.29 is 0 Å². The molecule has 0 radical (unpaired) electrons. The number of nitrogens with two attached hydrogens (primary N) is 1. The van der Waals surface area contributed by atoms with Crippen molar-refractivity contribution >= 4 is 22.5 Å². The SMILES string of the molecule is NC1CCN(Cc2cc3ccccc3nc2Cl)CC1. The summed E-state index contributed by atoms with van der Waals surface area (Å²) in [6.45, 7) is 2.96. The highest BCUT2D eigenvalue weighted by atomic mass is 35.5. The molecule has 2 N–H and O–H groups in total. The average molecular weight is 276 g/mol. The van der Waals surface area contributed by atoms with Gasteiger partial charge in [-0.15, -0.1) is 0 Å². The van der Waals surface area contributed by atoms with Crippen LogP contribution in [0, 0.1) is 0 Å². The van der Waals surface area contributed by atoms with E-state index < -0.39 is 0 Å². The van der Waals surface area contributed by atoms with Gasteiger partial charge in [-0.25, -0.2) is 4.98 Å². The minimum atomic E-state index is 0.362. The van der Waals surface area contributed by atoms with Crippen molar-refractivity contribution in [3.63, 3.8) is 0 Å². The van der Waals surface area contributed by atoms with Gasteiger partial charge in [-0.05, 0) is 38.1 Å². The van der Waals surface area contributed by atoms with Gasteiger partial charge >= 0.3 is 0 Å². The van der Waals surface area contributed by atoms with E-state index in [1.54, 1.807) is 0 Å². The summed E-state index contributed by atoms with van der Waals surface area (Å²) in [5.41, 5.74) is 7.99. The number of para-hydroxylation sites is 1. The van der Waals surface area contributed by atoms with Crippen molar-refractivity contribution in [2.24, 2.45) is 5.73 Å². The van der Waals surface area contributed by atoms with Gasteiger partial charge in [-0.3, -0.25) is 4.90 Å². The number of nitrogens with zero attached hydrogens (tertiary/aromatic N) is 2. The molecule has 4 heteroatoms. The van der Waals surface area contributed by atoms with Crippen molar-refractivity contribution in [3.8, 4) is 0 Å². The summed E-state index contributed by atoms with van der Waals surface area (Å²) >= 11 is 6.29. The van der Waals surface area contributed by atoms with E-state index in [4.69, 9.17) is 17.3 Å². The Kier molecular flexibility index (Phi) is 3.69. The Morgan fingerprint density at radius 3 is 2.79 bits per heavy atom. The maximum atomic E-state index is 6.29. The fourth-order valence-corrected chi connectivity index (χ4v) is 2.80. The molecule has 0 saturated carbocycles. The highest BCUT2D eigenvalue weighted by molar-refractivity contribution is 6.30. The molecule has 3 nitrogen and oxygen atoms in total. The van der Waals surface area contributed by atoms with Crippen LogP contribution in [0.1, 0.15) is 18.4 Å². The topological polar surface area (TPSA) is 42.1 Å². The number of piperidine rings is 1. The van der Waals surface area contributed by atoms with E-state index >= 15 is 0 Å². The lowest BCUT2D eigenvalue weighted by Crippen LogP contribution is -2.39. The van der Waals surface area contributed by atoms with E-state index in [0.29, 0.717) is 11.2 Å². The van der Waals surface area contributed by atoms with Crippen molar-refractivity contribution in [2.45, 2.75) is 25.4 Å². The fraction of sp³-hybridized carbons (Fsp3) is 0.400. The number of hydrogen-bond acceptors (Lipinski definition) is 3. The third-order valence-electron chi connectivity index (χ3n) is 3.78.